The van der Waals surface area contributed by atoms with Crippen LogP contribution in [0.15, 0.2) is 21.1 Å². The van der Waals surface area contributed by atoms with Crippen molar-refractivity contribution in [2.75, 3.05) is 18.0 Å². The number of non-ortho nitro benzene ring substituents is 1. The first kappa shape index (κ1) is 13.8. The lowest BCUT2D eigenvalue weighted by atomic mass is 10.00. The Labute approximate surface area is 123 Å². The zero-order valence-electron chi connectivity index (χ0n) is 10.0. The van der Waals surface area contributed by atoms with E-state index in [1.54, 1.807) is 12.1 Å². The van der Waals surface area contributed by atoms with E-state index in [0.29, 0.717) is 5.92 Å². The standard InChI is InChI=1S/C12H14Br2N2O2/c1-8-3-2-4-15(7-8)12-10(13)5-9(16(17)18)6-11(12)14/h5-6,8H,2-4,7H2,1H3/t8-/m0/s1. The Hall–Kier alpha value is -0.620. The number of rotatable bonds is 2. The van der Waals surface area contributed by atoms with Crippen molar-refractivity contribution in [2.24, 2.45) is 5.92 Å². The molecule has 0 bridgehead atoms. The molecule has 0 radical (unpaired) electrons. The van der Waals surface area contributed by atoms with Crippen LogP contribution in [0.4, 0.5) is 11.4 Å². The van der Waals surface area contributed by atoms with Crippen molar-refractivity contribution in [3.63, 3.8) is 0 Å². The van der Waals surface area contributed by atoms with Gasteiger partial charge in [-0.3, -0.25) is 10.1 Å². The third-order valence-electron chi connectivity index (χ3n) is 3.19. The molecule has 0 aliphatic carbocycles. The molecule has 1 fully saturated rings. The molecule has 98 valence electrons. The Morgan fingerprint density at radius 1 is 1.39 bits per heavy atom. The fourth-order valence-electron chi connectivity index (χ4n) is 2.35. The lowest BCUT2D eigenvalue weighted by molar-refractivity contribution is -0.385. The van der Waals surface area contributed by atoms with Gasteiger partial charge in [0.1, 0.15) is 0 Å². The number of benzene rings is 1. The van der Waals surface area contributed by atoms with Gasteiger partial charge in [0.05, 0.1) is 10.6 Å². The second-order valence-electron chi connectivity index (χ2n) is 4.71. The van der Waals surface area contributed by atoms with Gasteiger partial charge in [0.25, 0.3) is 5.69 Å². The van der Waals surface area contributed by atoms with E-state index >= 15 is 0 Å². The van der Waals surface area contributed by atoms with Crippen molar-refractivity contribution in [3.05, 3.63) is 31.2 Å². The molecule has 2 rings (SSSR count). The summed E-state index contributed by atoms with van der Waals surface area (Å²) in [5.41, 5.74) is 1.12. The monoisotopic (exact) mass is 376 g/mol. The minimum absolute atomic E-state index is 0.0996. The van der Waals surface area contributed by atoms with Gasteiger partial charge < -0.3 is 4.90 Å². The highest BCUT2D eigenvalue weighted by Crippen LogP contribution is 2.39. The number of halogens is 2. The van der Waals surface area contributed by atoms with E-state index in [2.05, 4.69) is 43.7 Å². The number of nitrogens with zero attached hydrogens (tertiary/aromatic N) is 2. The first-order chi connectivity index (χ1) is 8.49. The molecule has 0 amide bonds. The molecule has 1 saturated heterocycles. The second-order valence-corrected chi connectivity index (χ2v) is 6.42. The Morgan fingerprint density at radius 2 is 2.00 bits per heavy atom. The maximum atomic E-state index is 10.8. The smallest absolute Gasteiger partial charge is 0.271 e. The zero-order valence-corrected chi connectivity index (χ0v) is 13.2. The average molecular weight is 378 g/mol. The molecule has 6 heteroatoms. The van der Waals surface area contributed by atoms with Crippen molar-refractivity contribution in [2.45, 2.75) is 19.8 Å². The molecular weight excluding hydrogens is 364 g/mol. The summed E-state index contributed by atoms with van der Waals surface area (Å²) in [6.07, 6.45) is 2.41. The molecule has 0 saturated carbocycles. The highest BCUT2D eigenvalue weighted by Gasteiger charge is 2.22. The van der Waals surface area contributed by atoms with E-state index in [4.69, 9.17) is 0 Å². The van der Waals surface area contributed by atoms with E-state index in [1.807, 2.05) is 0 Å². The van der Waals surface area contributed by atoms with Crippen LogP contribution in [-0.4, -0.2) is 18.0 Å². The molecule has 1 aromatic rings. The Bertz CT molecular complexity index is 456. The van der Waals surface area contributed by atoms with Crippen LogP contribution >= 0.6 is 31.9 Å². The minimum Gasteiger partial charge on any atom is -0.369 e. The van der Waals surface area contributed by atoms with Crippen molar-refractivity contribution in [1.29, 1.82) is 0 Å². The van der Waals surface area contributed by atoms with Crippen molar-refractivity contribution >= 4 is 43.2 Å². The number of hydrogen-bond donors (Lipinski definition) is 0. The summed E-state index contributed by atoms with van der Waals surface area (Å²) in [6.45, 7) is 4.23. The van der Waals surface area contributed by atoms with Crippen molar-refractivity contribution in [1.82, 2.24) is 0 Å². The van der Waals surface area contributed by atoms with Gasteiger partial charge in [-0.15, -0.1) is 0 Å². The second kappa shape index (κ2) is 5.57. The molecule has 4 nitrogen and oxygen atoms in total. The summed E-state index contributed by atoms with van der Waals surface area (Å²) in [6, 6.07) is 3.14. The fourth-order valence-corrected chi connectivity index (χ4v) is 4.02. The molecule has 18 heavy (non-hydrogen) atoms. The van der Waals surface area contributed by atoms with Gasteiger partial charge in [-0.1, -0.05) is 6.92 Å². The van der Waals surface area contributed by atoms with Gasteiger partial charge in [-0.05, 0) is 50.6 Å². The Morgan fingerprint density at radius 3 is 2.50 bits per heavy atom. The van der Waals surface area contributed by atoms with Crippen LogP contribution in [0.2, 0.25) is 0 Å². The topological polar surface area (TPSA) is 46.4 Å². The van der Waals surface area contributed by atoms with E-state index in [1.165, 1.54) is 6.42 Å². The van der Waals surface area contributed by atoms with Gasteiger partial charge in [0.2, 0.25) is 0 Å². The number of piperidine rings is 1. The molecule has 0 N–H and O–H groups in total. The van der Waals surface area contributed by atoms with Crippen LogP contribution in [0.25, 0.3) is 0 Å². The summed E-state index contributed by atoms with van der Waals surface area (Å²) in [7, 11) is 0. The molecular formula is C12H14Br2N2O2. The highest BCUT2D eigenvalue weighted by atomic mass is 79.9. The van der Waals surface area contributed by atoms with Gasteiger partial charge in [0, 0.05) is 34.2 Å². The predicted octanol–water partition coefficient (Wildman–Crippen LogP) is 4.36. The maximum absolute atomic E-state index is 10.8. The van der Waals surface area contributed by atoms with Gasteiger partial charge >= 0.3 is 0 Å². The van der Waals surface area contributed by atoms with E-state index in [0.717, 1.165) is 34.1 Å². The zero-order chi connectivity index (χ0) is 13.3. The Balaban J connectivity index is 2.36. The lowest BCUT2D eigenvalue weighted by Gasteiger charge is -2.34. The maximum Gasteiger partial charge on any atom is 0.271 e. The van der Waals surface area contributed by atoms with Gasteiger partial charge in [0.15, 0.2) is 0 Å². The van der Waals surface area contributed by atoms with Crippen LogP contribution in [-0.2, 0) is 0 Å². The number of nitro benzene ring substituents is 1. The van der Waals surface area contributed by atoms with Gasteiger partial charge in [-0.2, -0.15) is 0 Å². The number of hydrogen-bond acceptors (Lipinski definition) is 3. The molecule has 1 atom stereocenters. The quantitative estimate of drug-likeness (QED) is 0.568. The molecule has 0 unspecified atom stereocenters. The molecule has 1 aliphatic heterocycles. The SMILES string of the molecule is C[C@H]1CCCN(c2c(Br)cc([N+](=O)[O-])cc2Br)C1. The van der Waals surface area contributed by atoms with E-state index < -0.39 is 0 Å². The molecule has 0 aromatic heterocycles. The molecule has 1 heterocycles. The van der Waals surface area contributed by atoms with Crippen LogP contribution in [0.5, 0.6) is 0 Å². The van der Waals surface area contributed by atoms with Crippen molar-refractivity contribution < 1.29 is 4.92 Å². The minimum atomic E-state index is -0.377. The average Bonchev–Trinajstić information content (AvgIpc) is 2.27. The third-order valence-corrected chi connectivity index (χ3v) is 4.39. The third kappa shape index (κ3) is 2.85. The van der Waals surface area contributed by atoms with Crippen LogP contribution < -0.4 is 4.90 Å². The van der Waals surface area contributed by atoms with Gasteiger partial charge in [-0.25, -0.2) is 0 Å². The summed E-state index contributed by atoms with van der Waals surface area (Å²) in [5.74, 6) is 0.660. The highest BCUT2D eigenvalue weighted by molar-refractivity contribution is 9.11. The molecule has 1 aliphatic rings. The van der Waals surface area contributed by atoms with Crippen LogP contribution in [0, 0.1) is 16.0 Å². The summed E-state index contributed by atoms with van der Waals surface area (Å²) < 4.78 is 1.55. The normalized spacial score (nSPS) is 19.9. The van der Waals surface area contributed by atoms with Crippen LogP contribution in [0.1, 0.15) is 19.8 Å². The summed E-state index contributed by atoms with van der Waals surface area (Å²) in [5, 5.41) is 10.8. The lowest BCUT2D eigenvalue weighted by Crippen LogP contribution is -2.34. The van der Waals surface area contributed by atoms with E-state index in [9.17, 15) is 10.1 Å². The summed E-state index contributed by atoms with van der Waals surface area (Å²) >= 11 is 6.89. The first-order valence-corrected chi connectivity index (χ1v) is 7.46. The first-order valence-electron chi connectivity index (χ1n) is 5.87. The fraction of sp³-hybridized carbons (Fsp3) is 0.500. The van der Waals surface area contributed by atoms with Crippen molar-refractivity contribution in [3.8, 4) is 0 Å². The molecule has 0 spiro atoms. The predicted molar refractivity (Wildman–Crippen MR) is 79.1 cm³/mol. The largest absolute Gasteiger partial charge is 0.369 e. The molecule has 1 aromatic carbocycles. The number of anilines is 1. The summed E-state index contributed by atoms with van der Waals surface area (Å²) in [4.78, 5) is 12.7. The number of nitro groups is 1. The Kier molecular flexibility index (Phi) is 4.27. The van der Waals surface area contributed by atoms with E-state index in [-0.39, 0.29) is 10.6 Å². The van der Waals surface area contributed by atoms with Crippen LogP contribution in [0.3, 0.4) is 0 Å².